The zero-order chi connectivity index (χ0) is 11.9. The Hall–Kier alpha value is -1.51. The summed E-state index contributed by atoms with van der Waals surface area (Å²) in [5.74, 6) is 0. The van der Waals surface area contributed by atoms with Crippen molar-refractivity contribution in [2.45, 2.75) is 26.4 Å². The fourth-order valence-electron chi connectivity index (χ4n) is 2.04. The highest BCUT2D eigenvalue weighted by Gasteiger charge is 2.41. The van der Waals surface area contributed by atoms with Crippen LogP contribution in [0.1, 0.15) is 23.6 Å². The lowest BCUT2D eigenvalue weighted by Gasteiger charge is -2.22. The third-order valence-electron chi connectivity index (χ3n) is 3.28. The van der Waals surface area contributed by atoms with Crippen LogP contribution in [0.15, 0.2) is 18.2 Å². The minimum atomic E-state index is -0.510. The number of aryl methyl sites for hydroxylation is 2. The monoisotopic (exact) mass is 219 g/mol. The molecule has 1 fully saturated rings. The van der Waals surface area contributed by atoms with Crippen molar-refractivity contribution in [3.63, 3.8) is 0 Å². The summed E-state index contributed by atoms with van der Waals surface area (Å²) in [5, 5.41) is 0. The van der Waals surface area contributed by atoms with Gasteiger partial charge in [-0.1, -0.05) is 18.2 Å². The summed E-state index contributed by atoms with van der Waals surface area (Å²) < 4.78 is 5.43. The van der Waals surface area contributed by atoms with E-state index in [0.717, 1.165) is 5.56 Å². The number of rotatable bonds is 1. The van der Waals surface area contributed by atoms with E-state index in [1.807, 2.05) is 13.0 Å². The van der Waals surface area contributed by atoms with Crippen molar-refractivity contribution < 1.29 is 9.53 Å². The summed E-state index contributed by atoms with van der Waals surface area (Å²) in [6, 6.07) is 6.21. The van der Waals surface area contributed by atoms with Crippen molar-refractivity contribution in [1.29, 1.82) is 0 Å². The first-order chi connectivity index (χ1) is 7.42. The highest BCUT2D eigenvalue weighted by Crippen LogP contribution is 2.32. The molecule has 1 unspecified atom stereocenters. The summed E-state index contributed by atoms with van der Waals surface area (Å²) in [6.07, 6.45) is -0.249. The number of cyclic esters (lactones) is 1. The van der Waals surface area contributed by atoms with Gasteiger partial charge in [-0.25, -0.2) is 4.79 Å². The molecule has 1 aliphatic rings. The molecule has 2 rings (SSSR count). The van der Waals surface area contributed by atoms with Crippen LogP contribution in [0.4, 0.5) is 4.79 Å². The van der Waals surface area contributed by atoms with Gasteiger partial charge in [0.05, 0.1) is 6.54 Å². The van der Waals surface area contributed by atoms with Gasteiger partial charge >= 0.3 is 6.09 Å². The molecular weight excluding hydrogens is 202 g/mol. The minimum Gasteiger partial charge on any atom is -0.436 e. The molecule has 86 valence electrons. The number of amides is 1. The van der Waals surface area contributed by atoms with Crippen molar-refractivity contribution in [1.82, 2.24) is 4.90 Å². The van der Waals surface area contributed by atoms with Crippen LogP contribution in [0.2, 0.25) is 0 Å². The van der Waals surface area contributed by atoms with Gasteiger partial charge in [0, 0.05) is 7.05 Å². The van der Waals surface area contributed by atoms with Crippen LogP contribution in [0, 0.1) is 13.8 Å². The molecule has 1 aliphatic heterocycles. The molecule has 0 radical (unpaired) electrons. The Morgan fingerprint density at radius 2 is 2.00 bits per heavy atom. The van der Waals surface area contributed by atoms with Crippen molar-refractivity contribution >= 4 is 6.09 Å². The normalized spacial score (nSPS) is 24.8. The van der Waals surface area contributed by atoms with E-state index in [-0.39, 0.29) is 6.09 Å². The molecule has 1 aromatic carbocycles. The van der Waals surface area contributed by atoms with Gasteiger partial charge in [0.25, 0.3) is 0 Å². The molecule has 1 aromatic rings. The SMILES string of the molecule is Cc1ccc(C2(C)CN(C)C(=O)O2)cc1C. The molecule has 1 heterocycles. The average Bonchev–Trinajstić information content (AvgIpc) is 2.46. The minimum absolute atomic E-state index is 0.249. The lowest BCUT2D eigenvalue weighted by atomic mass is 9.93. The molecular formula is C13H17NO2. The quantitative estimate of drug-likeness (QED) is 0.726. The fraction of sp³-hybridized carbons (Fsp3) is 0.462. The number of ether oxygens (including phenoxy) is 1. The number of benzene rings is 1. The van der Waals surface area contributed by atoms with Crippen LogP contribution in [0.3, 0.4) is 0 Å². The standard InChI is InChI=1S/C13H17NO2/c1-9-5-6-11(7-10(9)2)13(3)8-14(4)12(15)16-13/h5-7H,8H2,1-4H3. The van der Waals surface area contributed by atoms with Crippen LogP contribution in [-0.2, 0) is 10.3 Å². The first-order valence-corrected chi connectivity index (χ1v) is 5.44. The molecule has 0 N–H and O–H groups in total. The summed E-state index contributed by atoms with van der Waals surface area (Å²) in [7, 11) is 1.76. The Morgan fingerprint density at radius 3 is 2.50 bits per heavy atom. The number of carbonyl (C=O) groups is 1. The number of likely N-dealkylation sites (N-methyl/N-ethyl adjacent to an activating group) is 1. The molecule has 1 atom stereocenters. The Kier molecular flexibility index (Phi) is 2.41. The molecule has 16 heavy (non-hydrogen) atoms. The van der Waals surface area contributed by atoms with E-state index < -0.39 is 5.60 Å². The van der Waals surface area contributed by atoms with Crippen LogP contribution in [0.25, 0.3) is 0 Å². The molecule has 0 aliphatic carbocycles. The van der Waals surface area contributed by atoms with Crippen molar-refractivity contribution in [3.05, 3.63) is 34.9 Å². The maximum Gasteiger partial charge on any atom is 0.410 e. The highest BCUT2D eigenvalue weighted by atomic mass is 16.6. The van der Waals surface area contributed by atoms with E-state index in [1.54, 1.807) is 11.9 Å². The summed E-state index contributed by atoms with van der Waals surface area (Å²) >= 11 is 0. The van der Waals surface area contributed by atoms with Crippen LogP contribution in [0.5, 0.6) is 0 Å². The molecule has 0 aromatic heterocycles. The Balaban J connectivity index is 2.37. The first kappa shape index (κ1) is 11.0. The number of hydrogen-bond donors (Lipinski definition) is 0. The van der Waals surface area contributed by atoms with Crippen molar-refractivity contribution in [3.8, 4) is 0 Å². The van der Waals surface area contributed by atoms with Crippen LogP contribution >= 0.6 is 0 Å². The maximum absolute atomic E-state index is 11.4. The Morgan fingerprint density at radius 1 is 1.31 bits per heavy atom. The average molecular weight is 219 g/mol. The van der Waals surface area contributed by atoms with Gasteiger partial charge in [0.15, 0.2) is 5.60 Å². The van der Waals surface area contributed by atoms with E-state index in [2.05, 4.69) is 26.0 Å². The van der Waals surface area contributed by atoms with Crippen molar-refractivity contribution in [2.24, 2.45) is 0 Å². The zero-order valence-corrected chi connectivity index (χ0v) is 10.2. The Labute approximate surface area is 96.0 Å². The largest absolute Gasteiger partial charge is 0.436 e. The Bertz CT molecular complexity index is 442. The van der Waals surface area contributed by atoms with Gasteiger partial charge in [-0.3, -0.25) is 0 Å². The molecule has 0 bridgehead atoms. The zero-order valence-electron chi connectivity index (χ0n) is 10.2. The van der Waals surface area contributed by atoms with Gasteiger partial charge in [0.1, 0.15) is 0 Å². The van der Waals surface area contributed by atoms with E-state index >= 15 is 0 Å². The third-order valence-corrected chi connectivity index (χ3v) is 3.28. The van der Waals surface area contributed by atoms with E-state index in [9.17, 15) is 4.79 Å². The molecule has 3 heteroatoms. The third kappa shape index (κ3) is 1.66. The molecule has 1 saturated heterocycles. The summed E-state index contributed by atoms with van der Waals surface area (Å²) in [6.45, 7) is 6.71. The maximum atomic E-state index is 11.4. The van der Waals surface area contributed by atoms with Gasteiger partial charge < -0.3 is 9.64 Å². The second kappa shape index (κ2) is 3.51. The van der Waals surface area contributed by atoms with E-state index in [1.165, 1.54) is 11.1 Å². The van der Waals surface area contributed by atoms with E-state index in [0.29, 0.717) is 6.54 Å². The topological polar surface area (TPSA) is 29.5 Å². The van der Waals surface area contributed by atoms with Crippen LogP contribution < -0.4 is 0 Å². The number of hydrogen-bond acceptors (Lipinski definition) is 2. The highest BCUT2D eigenvalue weighted by molar-refractivity contribution is 5.70. The summed E-state index contributed by atoms with van der Waals surface area (Å²) in [5.41, 5.74) is 3.03. The smallest absolute Gasteiger partial charge is 0.410 e. The lowest BCUT2D eigenvalue weighted by Crippen LogP contribution is -2.27. The molecule has 1 amide bonds. The predicted molar refractivity (Wildman–Crippen MR) is 62.4 cm³/mol. The lowest BCUT2D eigenvalue weighted by molar-refractivity contribution is 0.0701. The van der Waals surface area contributed by atoms with Gasteiger partial charge in [-0.2, -0.15) is 0 Å². The number of carbonyl (C=O) groups excluding carboxylic acids is 1. The van der Waals surface area contributed by atoms with Gasteiger partial charge in [0.2, 0.25) is 0 Å². The van der Waals surface area contributed by atoms with E-state index in [4.69, 9.17) is 4.74 Å². The predicted octanol–water partition coefficient (Wildman–Crippen LogP) is 2.60. The number of nitrogens with zero attached hydrogens (tertiary/aromatic N) is 1. The molecule has 0 spiro atoms. The second-order valence-corrected chi connectivity index (χ2v) is 4.75. The van der Waals surface area contributed by atoms with Crippen LogP contribution in [-0.4, -0.2) is 24.6 Å². The second-order valence-electron chi connectivity index (χ2n) is 4.75. The molecule has 0 saturated carbocycles. The summed E-state index contributed by atoms with van der Waals surface area (Å²) in [4.78, 5) is 13.0. The fourth-order valence-corrected chi connectivity index (χ4v) is 2.04. The van der Waals surface area contributed by atoms with Gasteiger partial charge in [-0.15, -0.1) is 0 Å². The van der Waals surface area contributed by atoms with Gasteiger partial charge in [-0.05, 0) is 37.5 Å². The first-order valence-electron chi connectivity index (χ1n) is 5.44. The van der Waals surface area contributed by atoms with Crippen molar-refractivity contribution in [2.75, 3.05) is 13.6 Å². The molecule has 3 nitrogen and oxygen atoms in total.